The van der Waals surface area contributed by atoms with E-state index in [1.807, 2.05) is 51.1 Å². The van der Waals surface area contributed by atoms with E-state index in [0.29, 0.717) is 5.75 Å². The lowest BCUT2D eigenvalue weighted by molar-refractivity contribution is -0.118. The minimum atomic E-state index is -0.153. The molecule has 0 aliphatic heterocycles. The second-order valence-corrected chi connectivity index (χ2v) is 6.23. The Bertz CT molecular complexity index is 668. The molecule has 0 spiro atoms. The van der Waals surface area contributed by atoms with E-state index in [4.69, 9.17) is 4.74 Å². The van der Waals surface area contributed by atoms with Gasteiger partial charge in [0.1, 0.15) is 5.75 Å². The molecule has 2 aromatic rings. The van der Waals surface area contributed by atoms with E-state index >= 15 is 0 Å². The van der Waals surface area contributed by atoms with Crippen LogP contribution in [0.5, 0.6) is 5.75 Å². The summed E-state index contributed by atoms with van der Waals surface area (Å²) in [7, 11) is 0. The van der Waals surface area contributed by atoms with E-state index in [-0.39, 0.29) is 12.5 Å². The van der Waals surface area contributed by atoms with Gasteiger partial charge in [-0.15, -0.1) is 0 Å². The first-order chi connectivity index (χ1) is 9.95. The quantitative estimate of drug-likeness (QED) is 0.787. The first-order valence-electron chi connectivity index (χ1n) is 6.72. The summed E-state index contributed by atoms with van der Waals surface area (Å²) in [6.07, 6.45) is 0. The third-order valence-electron chi connectivity index (χ3n) is 3.14. The summed E-state index contributed by atoms with van der Waals surface area (Å²) in [6, 6.07) is 11.7. The molecule has 0 bridgehead atoms. The predicted octanol–water partition coefficient (Wildman–Crippen LogP) is 4.23. The van der Waals surface area contributed by atoms with Crippen LogP contribution in [0.3, 0.4) is 0 Å². The molecule has 2 aromatic carbocycles. The second kappa shape index (κ2) is 6.93. The smallest absolute Gasteiger partial charge is 0.262 e. The summed E-state index contributed by atoms with van der Waals surface area (Å²) < 4.78 is 6.69. The Balaban J connectivity index is 1.97. The van der Waals surface area contributed by atoms with E-state index in [1.165, 1.54) is 3.57 Å². The zero-order chi connectivity index (χ0) is 15.4. The van der Waals surface area contributed by atoms with Crippen LogP contribution in [0.15, 0.2) is 36.4 Å². The van der Waals surface area contributed by atoms with Crippen LogP contribution in [0.25, 0.3) is 0 Å². The summed E-state index contributed by atoms with van der Waals surface area (Å²) in [4.78, 5) is 12.0. The number of carbonyl (C=O) groups excluding carboxylic acids is 1. The molecule has 110 valence electrons. The fourth-order valence-corrected chi connectivity index (χ4v) is 2.58. The average molecular weight is 395 g/mol. The molecular formula is C17H18INO2. The highest BCUT2D eigenvalue weighted by molar-refractivity contribution is 14.1. The lowest BCUT2D eigenvalue weighted by atomic mass is 10.1. The number of amides is 1. The van der Waals surface area contributed by atoms with Gasteiger partial charge in [-0.05, 0) is 84.3 Å². The van der Waals surface area contributed by atoms with E-state index in [2.05, 4.69) is 34.0 Å². The Morgan fingerprint density at radius 2 is 1.90 bits per heavy atom. The summed E-state index contributed by atoms with van der Waals surface area (Å²) in [5, 5.41) is 2.90. The molecule has 21 heavy (non-hydrogen) atoms. The Labute approximate surface area is 138 Å². The molecule has 2 rings (SSSR count). The molecule has 3 nitrogen and oxygen atoms in total. The van der Waals surface area contributed by atoms with Gasteiger partial charge in [0.15, 0.2) is 6.61 Å². The van der Waals surface area contributed by atoms with E-state index in [9.17, 15) is 4.79 Å². The zero-order valence-corrected chi connectivity index (χ0v) is 14.5. The number of carbonyl (C=O) groups is 1. The summed E-state index contributed by atoms with van der Waals surface area (Å²) in [5.41, 5.74) is 4.15. The number of hydrogen-bond acceptors (Lipinski definition) is 2. The molecule has 0 unspecified atom stereocenters. The predicted molar refractivity (Wildman–Crippen MR) is 93.9 cm³/mol. The van der Waals surface area contributed by atoms with Crippen LogP contribution < -0.4 is 10.1 Å². The van der Waals surface area contributed by atoms with E-state index in [0.717, 1.165) is 22.4 Å². The van der Waals surface area contributed by atoms with Gasteiger partial charge in [-0.1, -0.05) is 12.1 Å². The molecule has 0 aliphatic rings. The zero-order valence-electron chi connectivity index (χ0n) is 12.4. The van der Waals surface area contributed by atoms with Crippen molar-refractivity contribution in [2.24, 2.45) is 0 Å². The van der Waals surface area contributed by atoms with Gasteiger partial charge in [0.25, 0.3) is 5.91 Å². The van der Waals surface area contributed by atoms with E-state index < -0.39 is 0 Å². The Morgan fingerprint density at radius 3 is 2.62 bits per heavy atom. The van der Waals surface area contributed by atoms with Crippen molar-refractivity contribution >= 4 is 34.2 Å². The topological polar surface area (TPSA) is 38.3 Å². The van der Waals surface area contributed by atoms with Gasteiger partial charge in [0.05, 0.1) is 0 Å². The average Bonchev–Trinajstić information content (AvgIpc) is 2.43. The minimum absolute atomic E-state index is 0.00786. The third-order valence-corrected chi connectivity index (χ3v) is 4.30. The van der Waals surface area contributed by atoms with Gasteiger partial charge in [-0.25, -0.2) is 0 Å². The molecule has 4 heteroatoms. The van der Waals surface area contributed by atoms with Crippen LogP contribution >= 0.6 is 22.6 Å². The Kier molecular flexibility index (Phi) is 5.22. The molecule has 0 radical (unpaired) electrons. The highest BCUT2D eigenvalue weighted by Crippen LogP contribution is 2.22. The molecule has 0 fully saturated rings. The van der Waals surface area contributed by atoms with Gasteiger partial charge >= 0.3 is 0 Å². The number of anilines is 1. The van der Waals surface area contributed by atoms with Gasteiger partial charge in [0, 0.05) is 9.26 Å². The molecule has 0 saturated heterocycles. The van der Waals surface area contributed by atoms with Crippen molar-refractivity contribution in [2.45, 2.75) is 20.8 Å². The number of ether oxygens (including phenoxy) is 1. The number of benzene rings is 2. The number of halogens is 1. The summed E-state index contributed by atoms with van der Waals surface area (Å²) in [6.45, 7) is 6.01. The standard InChI is InChI=1S/C17H18INO2/c1-11-5-4-6-14(7-11)21-10-17(20)19-16-9-12(2)15(18)8-13(16)3/h4-9H,10H2,1-3H3,(H,19,20). The lowest BCUT2D eigenvalue weighted by Gasteiger charge is -2.11. The number of aryl methyl sites for hydroxylation is 3. The van der Waals surface area contributed by atoms with Crippen LogP contribution in [0.1, 0.15) is 16.7 Å². The lowest BCUT2D eigenvalue weighted by Crippen LogP contribution is -2.20. The minimum Gasteiger partial charge on any atom is -0.484 e. The van der Waals surface area contributed by atoms with Crippen molar-refractivity contribution in [3.05, 3.63) is 56.7 Å². The molecular weight excluding hydrogens is 377 g/mol. The van der Waals surface area contributed by atoms with Crippen LogP contribution in [-0.2, 0) is 4.79 Å². The fourth-order valence-electron chi connectivity index (χ4n) is 1.96. The highest BCUT2D eigenvalue weighted by Gasteiger charge is 2.08. The Hall–Kier alpha value is -1.56. The van der Waals surface area contributed by atoms with Crippen molar-refractivity contribution in [3.8, 4) is 5.75 Å². The largest absolute Gasteiger partial charge is 0.484 e. The fraction of sp³-hybridized carbons (Fsp3) is 0.235. The molecule has 0 aromatic heterocycles. The SMILES string of the molecule is Cc1cccc(OCC(=O)Nc2cc(C)c(I)cc2C)c1. The third kappa shape index (κ3) is 4.46. The van der Waals surface area contributed by atoms with Crippen molar-refractivity contribution in [3.63, 3.8) is 0 Å². The van der Waals surface area contributed by atoms with Crippen LogP contribution in [0.2, 0.25) is 0 Å². The number of hydrogen-bond donors (Lipinski definition) is 1. The molecule has 0 aliphatic carbocycles. The van der Waals surface area contributed by atoms with E-state index in [1.54, 1.807) is 0 Å². The van der Waals surface area contributed by atoms with Crippen molar-refractivity contribution in [2.75, 3.05) is 11.9 Å². The van der Waals surface area contributed by atoms with Gasteiger partial charge in [-0.2, -0.15) is 0 Å². The number of nitrogens with one attached hydrogen (secondary N) is 1. The van der Waals surface area contributed by atoms with Gasteiger partial charge in [-0.3, -0.25) is 4.79 Å². The molecule has 0 saturated carbocycles. The first-order valence-corrected chi connectivity index (χ1v) is 7.79. The van der Waals surface area contributed by atoms with Crippen molar-refractivity contribution in [1.29, 1.82) is 0 Å². The van der Waals surface area contributed by atoms with Crippen molar-refractivity contribution < 1.29 is 9.53 Å². The normalized spacial score (nSPS) is 10.3. The maximum absolute atomic E-state index is 12.0. The first kappa shape index (κ1) is 15.8. The van der Waals surface area contributed by atoms with Crippen molar-refractivity contribution in [1.82, 2.24) is 0 Å². The molecule has 1 N–H and O–H groups in total. The van der Waals surface area contributed by atoms with Crippen LogP contribution in [0.4, 0.5) is 5.69 Å². The highest BCUT2D eigenvalue weighted by atomic mass is 127. The molecule has 0 heterocycles. The van der Waals surface area contributed by atoms with Gasteiger partial charge in [0.2, 0.25) is 0 Å². The Morgan fingerprint density at radius 1 is 1.14 bits per heavy atom. The number of rotatable bonds is 4. The van der Waals surface area contributed by atoms with Crippen LogP contribution in [0, 0.1) is 24.3 Å². The second-order valence-electron chi connectivity index (χ2n) is 5.07. The van der Waals surface area contributed by atoms with Gasteiger partial charge < -0.3 is 10.1 Å². The maximum Gasteiger partial charge on any atom is 0.262 e. The summed E-state index contributed by atoms with van der Waals surface area (Å²) in [5.74, 6) is 0.556. The molecule has 0 atom stereocenters. The van der Waals surface area contributed by atoms with Crippen LogP contribution in [-0.4, -0.2) is 12.5 Å². The molecule has 1 amide bonds. The summed E-state index contributed by atoms with van der Waals surface area (Å²) >= 11 is 2.29. The monoisotopic (exact) mass is 395 g/mol. The maximum atomic E-state index is 12.0.